The molecule has 2 saturated heterocycles. The largest absolute Gasteiger partial charge is 0.358 e. The first-order valence-electron chi connectivity index (χ1n) is 9.71. The molecule has 1 spiro atoms. The number of sulfonamides is 1. The van der Waals surface area contributed by atoms with Crippen molar-refractivity contribution in [3.8, 4) is 0 Å². The van der Waals surface area contributed by atoms with Gasteiger partial charge < -0.3 is 9.64 Å². The zero-order valence-electron chi connectivity index (χ0n) is 16.5. The first-order chi connectivity index (χ1) is 14.2. The van der Waals surface area contributed by atoms with Gasteiger partial charge >= 0.3 is 0 Å². The molecule has 6 nitrogen and oxygen atoms in total. The van der Waals surface area contributed by atoms with Crippen molar-refractivity contribution in [1.82, 2.24) is 9.21 Å². The van der Waals surface area contributed by atoms with E-state index >= 15 is 0 Å². The van der Waals surface area contributed by atoms with Crippen molar-refractivity contribution in [3.63, 3.8) is 0 Å². The summed E-state index contributed by atoms with van der Waals surface area (Å²) in [5.74, 6) is -0.594. The van der Waals surface area contributed by atoms with Gasteiger partial charge in [0.05, 0.1) is 11.5 Å². The van der Waals surface area contributed by atoms with Crippen LogP contribution in [0.25, 0.3) is 0 Å². The second kappa shape index (κ2) is 7.92. The number of halogens is 2. The highest BCUT2D eigenvalue weighted by atomic mass is 35.5. The van der Waals surface area contributed by atoms with Gasteiger partial charge in [-0.25, -0.2) is 12.8 Å². The summed E-state index contributed by atoms with van der Waals surface area (Å²) in [5.41, 5.74) is -0.226. The summed E-state index contributed by atoms with van der Waals surface area (Å²) < 4.78 is 47.5. The van der Waals surface area contributed by atoms with Gasteiger partial charge in [-0.3, -0.25) is 4.79 Å². The van der Waals surface area contributed by atoms with Gasteiger partial charge in [-0.05, 0) is 48.9 Å². The van der Waals surface area contributed by atoms with Crippen LogP contribution in [0.1, 0.15) is 28.8 Å². The van der Waals surface area contributed by atoms with E-state index in [1.54, 1.807) is 29.2 Å². The molecular formula is C21H22ClFN2O4S. The molecule has 2 fully saturated rings. The molecule has 0 radical (unpaired) electrons. The van der Waals surface area contributed by atoms with Crippen molar-refractivity contribution in [1.29, 1.82) is 0 Å². The van der Waals surface area contributed by atoms with Gasteiger partial charge in [0.15, 0.2) is 0 Å². The number of nitrogens with zero attached hydrogens (tertiary/aromatic N) is 2. The zero-order chi connectivity index (χ0) is 21.5. The summed E-state index contributed by atoms with van der Waals surface area (Å²) >= 11 is 5.99. The highest BCUT2D eigenvalue weighted by Crippen LogP contribution is 2.38. The fourth-order valence-electron chi connectivity index (χ4n) is 4.10. The van der Waals surface area contributed by atoms with E-state index in [4.69, 9.17) is 16.3 Å². The Kier molecular flexibility index (Phi) is 5.61. The van der Waals surface area contributed by atoms with Crippen LogP contribution < -0.4 is 0 Å². The average molecular weight is 453 g/mol. The Morgan fingerprint density at radius 1 is 1.13 bits per heavy atom. The van der Waals surface area contributed by atoms with Crippen LogP contribution in [-0.4, -0.2) is 55.5 Å². The van der Waals surface area contributed by atoms with E-state index in [-0.39, 0.29) is 29.5 Å². The third kappa shape index (κ3) is 3.73. The topological polar surface area (TPSA) is 66.9 Å². The lowest BCUT2D eigenvalue weighted by atomic mass is 10.00. The van der Waals surface area contributed by atoms with Crippen LogP contribution in [0.15, 0.2) is 47.4 Å². The van der Waals surface area contributed by atoms with E-state index in [2.05, 4.69) is 0 Å². The van der Waals surface area contributed by atoms with Gasteiger partial charge in [0.25, 0.3) is 5.91 Å². The zero-order valence-corrected chi connectivity index (χ0v) is 18.0. The molecule has 2 heterocycles. The van der Waals surface area contributed by atoms with E-state index in [0.717, 1.165) is 6.07 Å². The summed E-state index contributed by atoms with van der Waals surface area (Å²) in [5, 5.41) is 0.486. The van der Waals surface area contributed by atoms with Crippen LogP contribution in [0.5, 0.6) is 0 Å². The maximum atomic E-state index is 13.6. The third-order valence-electron chi connectivity index (χ3n) is 5.74. The molecule has 0 N–H and O–H groups in total. The summed E-state index contributed by atoms with van der Waals surface area (Å²) in [7, 11) is -3.86. The van der Waals surface area contributed by atoms with Crippen LogP contribution >= 0.6 is 11.6 Å². The van der Waals surface area contributed by atoms with Crippen molar-refractivity contribution in [3.05, 3.63) is 64.4 Å². The van der Waals surface area contributed by atoms with Crippen LogP contribution in [0.4, 0.5) is 4.39 Å². The standard InChI is InChI=1S/C21H22ClFN2O4S/c1-15-13-18(5-6-19(15)23)30(27,28)25-11-12-29-21(25)7-9-24(10-8-21)20(26)16-3-2-4-17(22)14-16/h2-6,13-14H,7-12H2,1H3. The van der Waals surface area contributed by atoms with Gasteiger partial charge in [0.2, 0.25) is 10.0 Å². The maximum Gasteiger partial charge on any atom is 0.253 e. The number of piperidine rings is 1. The van der Waals surface area contributed by atoms with Crippen molar-refractivity contribution >= 4 is 27.5 Å². The molecular weight excluding hydrogens is 431 g/mol. The van der Waals surface area contributed by atoms with Crippen LogP contribution in [-0.2, 0) is 14.8 Å². The molecule has 4 rings (SSSR count). The lowest BCUT2D eigenvalue weighted by molar-refractivity contribution is -0.0857. The van der Waals surface area contributed by atoms with Crippen molar-refractivity contribution in [2.75, 3.05) is 26.2 Å². The number of aryl methyl sites for hydroxylation is 1. The summed E-state index contributed by atoms with van der Waals surface area (Å²) in [6.45, 7) is 2.76. The lowest BCUT2D eigenvalue weighted by Gasteiger charge is -2.42. The van der Waals surface area contributed by atoms with Gasteiger partial charge in [0, 0.05) is 43.1 Å². The summed E-state index contributed by atoms with van der Waals surface area (Å²) in [4.78, 5) is 14.5. The molecule has 0 aliphatic carbocycles. The van der Waals surface area contributed by atoms with Gasteiger partial charge in [-0.15, -0.1) is 0 Å². The smallest absolute Gasteiger partial charge is 0.253 e. The minimum absolute atomic E-state index is 0.0451. The number of rotatable bonds is 3. The van der Waals surface area contributed by atoms with Crippen molar-refractivity contribution in [2.45, 2.75) is 30.4 Å². The van der Waals surface area contributed by atoms with E-state index in [0.29, 0.717) is 36.5 Å². The number of ether oxygens (including phenoxy) is 1. The highest BCUT2D eigenvalue weighted by Gasteiger charge is 2.51. The molecule has 9 heteroatoms. The third-order valence-corrected chi connectivity index (χ3v) is 7.92. The average Bonchev–Trinajstić information content (AvgIpc) is 3.14. The Labute approximate surface area is 180 Å². The number of carbonyl (C=O) groups is 1. The molecule has 0 unspecified atom stereocenters. The van der Waals surface area contributed by atoms with Gasteiger partial charge in [-0.1, -0.05) is 17.7 Å². The molecule has 0 aromatic heterocycles. The second-order valence-corrected chi connectivity index (χ2v) is 9.88. The number of likely N-dealkylation sites (tertiary alicyclic amines) is 1. The molecule has 0 bridgehead atoms. The number of carbonyl (C=O) groups excluding carboxylic acids is 1. The van der Waals surface area contributed by atoms with Crippen LogP contribution in [0.2, 0.25) is 5.02 Å². The molecule has 30 heavy (non-hydrogen) atoms. The molecule has 2 aliphatic rings. The number of hydrogen-bond acceptors (Lipinski definition) is 4. The van der Waals surface area contributed by atoms with E-state index in [1.165, 1.54) is 23.4 Å². The second-order valence-electron chi connectivity index (χ2n) is 7.59. The Morgan fingerprint density at radius 2 is 1.87 bits per heavy atom. The highest BCUT2D eigenvalue weighted by molar-refractivity contribution is 7.89. The summed E-state index contributed by atoms with van der Waals surface area (Å²) in [6.07, 6.45) is 0.720. The Hall–Kier alpha value is -2.00. The fraction of sp³-hybridized carbons (Fsp3) is 0.381. The maximum absolute atomic E-state index is 13.6. The number of amides is 1. The van der Waals surface area contributed by atoms with Crippen molar-refractivity contribution in [2.24, 2.45) is 0 Å². The van der Waals surface area contributed by atoms with E-state index < -0.39 is 21.6 Å². The number of hydrogen-bond donors (Lipinski definition) is 0. The van der Waals surface area contributed by atoms with E-state index in [9.17, 15) is 17.6 Å². The predicted molar refractivity (Wildman–Crippen MR) is 110 cm³/mol. The fourth-order valence-corrected chi connectivity index (χ4v) is 6.09. The quantitative estimate of drug-likeness (QED) is 0.715. The number of benzene rings is 2. The SMILES string of the molecule is Cc1cc(S(=O)(=O)N2CCOC23CCN(C(=O)c2cccc(Cl)c2)CC3)ccc1F. The van der Waals surface area contributed by atoms with E-state index in [1.807, 2.05) is 0 Å². The molecule has 2 aromatic carbocycles. The Balaban J connectivity index is 1.54. The minimum atomic E-state index is -3.86. The molecule has 2 aliphatic heterocycles. The molecule has 2 aromatic rings. The summed E-state index contributed by atoms with van der Waals surface area (Å²) in [6, 6.07) is 10.5. The predicted octanol–water partition coefficient (Wildman–Crippen LogP) is 3.44. The molecule has 0 saturated carbocycles. The van der Waals surface area contributed by atoms with Gasteiger partial charge in [0.1, 0.15) is 11.5 Å². The first kappa shape index (κ1) is 21.2. The molecule has 160 valence electrons. The Morgan fingerprint density at radius 3 is 2.53 bits per heavy atom. The lowest BCUT2D eigenvalue weighted by Crippen LogP contribution is -2.55. The first-order valence-corrected chi connectivity index (χ1v) is 11.5. The van der Waals surface area contributed by atoms with Crippen LogP contribution in [0, 0.1) is 12.7 Å². The van der Waals surface area contributed by atoms with Crippen molar-refractivity contribution < 1.29 is 22.3 Å². The monoisotopic (exact) mass is 452 g/mol. The molecule has 1 amide bonds. The molecule has 0 atom stereocenters. The van der Waals surface area contributed by atoms with Gasteiger partial charge in [-0.2, -0.15) is 4.31 Å². The normalized spacial score (nSPS) is 19.4. The minimum Gasteiger partial charge on any atom is -0.358 e. The Bertz CT molecular complexity index is 1080. The van der Waals surface area contributed by atoms with Crippen LogP contribution in [0.3, 0.4) is 0 Å².